The lowest BCUT2D eigenvalue weighted by molar-refractivity contribution is 0.242. The summed E-state index contributed by atoms with van der Waals surface area (Å²) in [6, 6.07) is 4.33. The first-order valence-corrected chi connectivity index (χ1v) is 5.48. The van der Waals surface area contributed by atoms with Crippen LogP contribution < -0.4 is 10.2 Å². The Morgan fingerprint density at radius 3 is 3.00 bits per heavy atom. The first kappa shape index (κ1) is 10.4. The molecule has 1 aromatic carbocycles. The number of rotatable bonds is 1. The van der Waals surface area contributed by atoms with Gasteiger partial charge in [-0.1, -0.05) is 15.9 Å². The fourth-order valence-electron chi connectivity index (χ4n) is 1.55. The molecule has 15 heavy (non-hydrogen) atoms. The van der Waals surface area contributed by atoms with E-state index in [1.165, 1.54) is 11.0 Å². The molecule has 2 amide bonds. The molecule has 0 unspecified atom stereocenters. The van der Waals surface area contributed by atoms with E-state index >= 15 is 0 Å². The highest BCUT2D eigenvalue weighted by Crippen LogP contribution is 2.25. The Morgan fingerprint density at radius 2 is 2.27 bits per heavy atom. The number of hydrogen-bond acceptors (Lipinski definition) is 1. The standard InChI is InChI=1S/C10H10BrFN2O/c11-7-2-3-8(12)9(6-7)14-5-1-4-13-10(14)15/h2-3,6H,1,4-5H2,(H,13,15). The molecule has 80 valence electrons. The summed E-state index contributed by atoms with van der Waals surface area (Å²) < 4.78 is 14.2. The molecule has 3 nitrogen and oxygen atoms in total. The van der Waals surface area contributed by atoms with E-state index in [-0.39, 0.29) is 11.8 Å². The van der Waals surface area contributed by atoms with Gasteiger partial charge in [-0.05, 0) is 24.6 Å². The maximum atomic E-state index is 13.5. The fraction of sp³-hybridized carbons (Fsp3) is 0.300. The maximum absolute atomic E-state index is 13.5. The zero-order valence-corrected chi connectivity index (χ0v) is 9.55. The summed E-state index contributed by atoms with van der Waals surface area (Å²) >= 11 is 3.26. The quantitative estimate of drug-likeness (QED) is 0.837. The van der Waals surface area contributed by atoms with Crippen molar-refractivity contribution in [3.05, 3.63) is 28.5 Å². The molecule has 5 heteroatoms. The number of halogens is 2. The molecule has 1 heterocycles. The molecule has 0 aromatic heterocycles. The minimum Gasteiger partial charge on any atom is -0.338 e. The Hall–Kier alpha value is -1.10. The van der Waals surface area contributed by atoms with Gasteiger partial charge < -0.3 is 5.32 Å². The third kappa shape index (κ3) is 2.12. The Kier molecular flexibility index (Phi) is 2.90. The number of benzene rings is 1. The first-order chi connectivity index (χ1) is 7.18. The van der Waals surface area contributed by atoms with Gasteiger partial charge in [0.15, 0.2) is 0 Å². The van der Waals surface area contributed by atoms with Crippen molar-refractivity contribution in [2.75, 3.05) is 18.0 Å². The minimum atomic E-state index is -0.379. The second-order valence-corrected chi connectivity index (χ2v) is 4.25. The Labute approximate surface area is 95.4 Å². The van der Waals surface area contributed by atoms with Crippen LogP contribution in [-0.2, 0) is 0 Å². The summed E-state index contributed by atoms with van der Waals surface area (Å²) in [5, 5.41) is 2.68. The van der Waals surface area contributed by atoms with Crippen molar-refractivity contribution in [3.8, 4) is 0 Å². The van der Waals surface area contributed by atoms with Crippen molar-refractivity contribution in [1.82, 2.24) is 5.32 Å². The number of amides is 2. The second-order valence-electron chi connectivity index (χ2n) is 3.33. The van der Waals surface area contributed by atoms with Crippen LogP contribution in [0, 0.1) is 5.82 Å². The van der Waals surface area contributed by atoms with Crippen LogP contribution in [0.3, 0.4) is 0 Å². The summed E-state index contributed by atoms with van der Waals surface area (Å²) in [4.78, 5) is 12.9. The lowest BCUT2D eigenvalue weighted by atomic mass is 10.2. The molecule has 0 saturated carbocycles. The van der Waals surface area contributed by atoms with Crippen molar-refractivity contribution in [3.63, 3.8) is 0 Å². The Balaban J connectivity index is 2.34. The predicted octanol–water partition coefficient (Wildman–Crippen LogP) is 2.51. The molecule has 1 saturated heterocycles. The summed E-state index contributed by atoms with van der Waals surface area (Å²) in [5.74, 6) is -0.379. The number of nitrogens with zero attached hydrogens (tertiary/aromatic N) is 1. The highest BCUT2D eigenvalue weighted by molar-refractivity contribution is 9.10. The summed E-state index contributed by atoms with van der Waals surface area (Å²) in [7, 11) is 0. The number of nitrogens with one attached hydrogen (secondary N) is 1. The van der Waals surface area contributed by atoms with Crippen LogP contribution in [0.1, 0.15) is 6.42 Å². The van der Waals surface area contributed by atoms with E-state index in [2.05, 4.69) is 21.2 Å². The molecule has 1 aliphatic rings. The average Bonchev–Trinajstić information content (AvgIpc) is 2.23. The molecule has 0 atom stereocenters. The van der Waals surface area contributed by atoms with E-state index in [1.807, 2.05) is 0 Å². The second kappa shape index (κ2) is 4.18. The van der Waals surface area contributed by atoms with Crippen molar-refractivity contribution in [2.45, 2.75) is 6.42 Å². The monoisotopic (exact) mass is 272 g/mol. The van der Waals surface area contributed by atoms with Gasteiger partial charge >= 0.3 is 6.03 Å². The lowest BCUT2D eigenvalue weighted by Gasteiger charge is -2.27. The van der Waals surface area contributed by atoms with Gasteiger partial charge in [-0.3, -0.25) is 4.90 Å². The SMILES string of the molecule is O=C1NCCCN1c1cc(Br)ccc1F. The zero-order chi connectivity index (χ0) is 10.8. The smallest absolute Gasteiger partial charge is 0.321 e. The van der Waals surface area contributed by atoms with Gasteiger partial charge in [0.2, 0.25) is 0 Å². The molecule has 0 aliphatic carbocycles. The van der Waals surface area contributed by atoms with E-state index in [4.69, 9.17) is 0 Å². The van der Waals surface area contributed by atoms with Crippen LogP contribution in [0.2, 0.25) is 0 Å². The van der Waals surface area contributed by atoms with Crippen molar-refractivity contribution in [2.24, 2.45) is 0 Å². The van der Waals surface area contributed by atoms with Gasteiger partial charge in [-0.2, -0.15) is 0 Å². The predicted molar refractivity (Wildman–Crippen MR) is 59.5 cm³/mol. The summed E-state index contributed by atoms with van der Waals surface area (Å²) in [5.41, 5.74) is 0.321. The zero-order valence-electron chi connectivity index (χ0n) is 7.96. The van der Waals surface area contributed by atoms with Crippen LogP contribution in [0.15, 0.2) is 22.7 Å². The van der Waals surface area contributed by atoms with Gasteiger partial charge in [-0.25, -0.2) is 9.18 Å². The topological polar surface area (TPSA) is 32.3 Å². The van der Waals surface area contributed by atoms with Crippen molar-refractivity contribution in [1.29, 1.82) is 0 Å². The highest BCUT2D eigenvalue weighted by atomic mass is 79.9. The largest absolute Gasteiger partial charge is 0.338 e. The van der Waals surface area contributed by atoms with Gasteiger partial charge in [0, 0.05) is 17.6 Å². The molecule has 1 aromatic rings. The molecular weight excluding hydrogens is 263 g/mol. The summed E-state index contributed by atoms with van der Waals surface area (Å²) in [6.45, 7) is 1.21. The Bertz CT molecular complexity index is 397. The molecule has 1 fully saturated rings. The number of hydrogen-bond donors (Lipinski definition) is 1. The van der Waals surface area contributed by atoms with Crippen molar-refractivity contribution < 1.29 is 9.18 Å². The van der Waals surface area contributed by atoms with Gasteiger partial charge in [0.1, 0.15) is 5.82 Å². The van der Waals surface area contributed by atoms with E-state index in [1.54, 1.807) is 12.1 Å². The third-order valence-electron chi connectivity index (χ3n) is 2.28. The van der Waals surface area contributed by atoms with Crippen LogP contribution >= 0.6 is 15.9 Å². The van der Waals surface area contributed by atoms with Crippen LogP contribution in [0.5, 0.6) is 0 Å². The van der Waals surface area contributed by atoms with Crippen LogP contribution in [-0.4, -0.2) is 19.1 Å². The van der Waals surface area contributed by atoms with Gasteiger partial charge in [0.05, 0.1) is 5.69 Å². The lowest BCUT2D eigenvalue weighted by Crippen LogP contribution is -2.46. The molecule has 1 aliphatic heterocycles. The summed E-state index contributed by atoms with van der Waals surface area (Å²) in [6.07, 6.45) is 0.831. The molecule has 0 spiro atoms. The molecule has 2 rings (SSSR count). The number of carbonyl (C=O) groups excluding carboxylic acids is 1. The first-order valence-electron chi connectivity index (χ1n) is 4.69. The highest BCUT2D eigenvalue weighted by Gasteiger charge is 2.21. The molecule has 0 radical (unpaired) electrons. The van der Waals surface area contributed by atoms with E-state index in [0.717, 1.165) is 10.9 Å². The van der Waals surface area contributed by atoms with Gasteiger partial charge in [0.25, 0.3) is 0 Å². The molecular formula is C10H10BrFN2O. The van der Waals surface area contributed by atoms with Crippen LogP contribution in [0.25, 0.3) is 0 Å². The fourth-order valence-corrected chi connectivity index (χ4v) is 1.90. The van der Waals surface area contributed by atoms with E-state index in [0.29, 0.717) is 18.8 Å². The number of urea groups is 1. The average molecular weight is 273 g/mol. The molecule has 1 N–H and O–H groups in total. The van der Waals surface area contributed by atoms with Gasteiger partial charge in [-0.15, -0.1) is 0 Å². The Morgan fingerprint density at radius 1 is 1.47 bits per heavy atom. The van der Waals surface area contributed by atoms with E-state index in [9.17, 15) is 9.18 Å². The number of carbonyl (C=O) groups is 1. The molecule has 0 bridgehead atoms. The number of anilines is 1. The third-order valence-corrected chi connectivity index (χ3v) is 2.77. The van der Waals surface area contributed by atoms with Crippen molar-refractivity contribution >= 4 is 27.6 Å². The minimum absolute atomic E-state index is 0.238. The maximum Gasteiger partial charge on any atom is 0.321 e. The normalized spacial score (nSPS) is 16.4. The van der Waals surface area contributed by atoms with Crippen LogP contribution in [0.4, 0.5) is 14.9 Å². The van der Waals surface area contributed by atoms with E-state index < -0.39 is 0 Å².